The number of carbonyl (C=O) groups excluding carboxylic acids is 2. The molecule has 2 aliphatic heterocycles. The van der Waals surface area contributed by atoms with E-state index in [2.05, 4.69) is 26.7 Å². The Labute approximate surface area is 246 Å². The van der Waals surface area contributed by atoms with Crippen LogP contribution in [0.25, 0.3) is 10.9 Å². The number of ether oxygens (including phenoxy) is 1. The number of nitrogens with one attached hydrogen (secondary N) is 1. The number of carbonyl (C=O) groups is 2. The van der Waals surface area contributed by atoms with E-state index in [-0.39, 0.29) is 30.2 Å². The zero-order valence-electron chi connectivity index (χ0n) is 24.5. The number of nitrogens with zero attached hydrogens (tertiary/aromatic N) is 3. The van der Waals surface area contributed by atoms with Gasteiger partial charge in [-0.3, -0.25) is 14.5 Å². The fourth-order valence-corrected chi connectivity index (χ4v) is 7.87. The molecule has 1 saturated heterocycles. The van der Waals surface area contributed by atoms with Crippen LogP contribution in [0.3, 0.4) is 0 Å². The highest BCUT2D eigenvalue weighted by Crippen LogP contribution is 2.40. The van der Waals surface area contributed by atoms with Gasteiger partial charge in [0.2, 0.25) is 0 Å². The lowest BCUT2D eigenvalue weighted by atomic mass is 9.80. The number of likely N-dealkylation sites (tertiary alicyclic amines) is 1. The normalized spacial score (nSPS) is 26.5. The predicted molar refractivity (Wildman–Crippen MR) is 162 cm³/mol. The van der Waals surface area contributed by atoms with Gasteiger partial charge in [-0.1, -0.05) is 12.1 Å². The highest BCUT2D eigenvalue weighted by atomic mass is 32.2. The van der Waals surface area contributed by atoms with Gasteiger partial charge in [0, 0.05) is 53.4 Å². The van der Waals surface area contributed by atoms with Gasteiger partial charge in [-0.05, 0) is 83.6 Å². The van der Waals surface area contributed by atoms with Crippen LogP contribution in [0.15, 0.2) is 34.2 Å². The highest BCUT2D eigenvalue weighted by Gasteiger charge is 2.39. The minimum atomic E-state index is -0.501. The number of rotatable bonds is 9. The fourth-order valence-electron chi connectivity index (χ4n) is 7.12. The van der Waals surface area contributed by atoms with Gasteiger partial charge in [-0.25, -0.2) is 9.38 Å². The molecule has 1 aromatic carbocycles. The van der Waals surface area contributed by atoms with Crippen molar-refractivity contribution in [3.8, 4) is 0 Å². The van der Waals surface area contributed by atoms with Crippen molar-refractivity contribution in [1.82, 2.24) is 14.8 Å². The molecule has 1 N–H and O–H groups in total. The standard InChI is InChI=1S/C32H41FN4O3S/c1-18-14-28(41-4)26(31(38)35-18)15-34-32(39)29-20(3)37(30-25(29)6-5-7-27(30)33)19(2)21-8-10-22(11-9-21)36-16-24(17-36)40-23-12-13-23/h5-7,14,19,21-24,26H,8-13,15-17H2,1-4H3,(H,34,39)/t19-,21?,22?,26?/m1/s1. The van der Waals surface area contributed by atoms with E-state index in [1.807, 2.05) is 25.3 Å². The molecule has 7 nitrogen and oxygen atoms in total. The first-order valence-corrected chi connectivity index (χ1v) is 16.3. The molecule has 1 aromatic heterocycles. The lowest BCUT2D eigenvalue weighted by Crippen LogP contribution is -2.57. The SMILES string of the molecule is CSC1=CC(C)=NC(=O)C1CNC(=O)c1c(C)n([C@H](C)C2CCC(N3CC(OC4CC4)C3)CC2)c2c(F)cccc12. The molecule has 3 heterocycles. The van der Waals surface area contributed by atoms with Gasteiger partial charge in [0.1, 0.15) is 5.82 Å². The second-order valence-electron chi connectivity index (χ2n) is 12.3. The van der Waals surface area contributed by atoms with E-state index >= 15 is 4.39 Å². The second-order valence-corrected chi connectivity index (χ2v) is 13.2. The van der Waals surface area contributed by atoms with Crippen LogP contribution in [0.4, 0.5) is 4.39 Å². The van der Waals surface area contributed by atoms with E-state index in [9.17, 15) is 9.59 Å². The Bertz CT molecular complexity index is 1400. The third-order valence-corrected chi connectivity index (χ3v) is 10.4. The molecule has 6 rings (SSSR count). The maximum atomic E-state index is 15.4. The van der Waals surface area contributed by atoms with Gasteiger partial charge in [0.15, 0.2) is 0 Å². The Hall–Kier alpha value is -2.49. The van der Waals surface area contributed by atoms with Crippen LogP contribution in [0.2, 0.25) is 0 Å². The number of aliphatic imine (C=N–C) groups is 1. The predicted octanol–water partition coefficient (Wildman–Crippen LogP) is 5.67. The number of benzene rings is 1. The number of dihydropyridines is 1. The van der Waals surface area contributed by atoms with Crippen molar-refractivity contribution in [2.75, 3.05) is 25.9 Å². The summed E-state index contributed by atoms with van der Waals surface area (Å²) in [4.78, 5) is 33.8. The summed E-state index contributed by atoms with van der Waals surface area (Å²) in [7, 11) is 0. The van der Waals surface area contributed by atoms with Crippen LogP contribution >= 0.6 is 11.8 Å². The lowest BCUT2D eigenvalue weighted by molar-refractivity contribution is -0.120. The quantitative estimate of drug-likeness (QED) is 0.414. The van der Waals surface area contributed by atoms with Crippen molar-refractivity contribution < 1.29 is 18.7 Å². The number of hydrogen-bond donors (Lipinski definition) is 1. The number of para-hydroxylation sites is 1. The molecule has 2 aliphatic carbocycles. The Balaban J connectivity index is 1.16. The fraction of sp³-hybridized carbons (Fsp3) is 0.594. The largest absolute Gasteiger partial charge is 0.372 e. The maximum absolute atomic E-state index is 15.4. The van der Waals surface area contributed by atoms with Crippen molar-refractivity contribution in [1.29, 1.82) is 0 Å². The van der Waals surface area contributed by atoms with Gasteiger partial charge in [-0.2, -0.15) is 0 Å². The molecule has 1 unspecified atom stereocenters. The van der Waals surface area contributed by atoms with E-state index in [0.717, 1.165) is 49.4 Å². The molecule has 3 fully saturated rings. The van der Waals surface area contributed by atoms with Crippen LogP contribution in [-0.4, -0.2) is 71.1 Å². The Morgan fingerprint density at radius 1 is 1.15 bits per heavy atom. The molecule has 2 saturated carbocycles. The average Bonchev–Trinajstić information content (AvgIpc) is 3.70. The van der Waals surface area contributed by atoms with Gasteiger partial charge in [0.25, 0.3) is 11.8 Å². The summed E-state index contributed by atoms with van der Waals surface area (Å²) < 4.78 is 23.5. The third kappa shape index (κ3) is 5.65. The summed E-state index contributed by atoms with van der Waals surface area (Å²) in [6, 6.07) is 5.63. The average molecular weight is 581 g/mol. The molecule has 0 radical (unpaired) electrons. The van der Waals surface area contributed by atoms with Crippen molar-refractivity contribution in [3.63, 3.8) is 0 Å². The lowest BCUT2D eigenvalue weighted by Gasteiger charge is -2.47. The summed E-state index contributed by atoms with van der Waals surface area (Å²) in [6.45, 7) is 8.16. The summed E-state index contributed by atoms with van der Waals surface area (Å²) >= 11 is 1.50. The number of amides is 2. The molecule has 9 heteroatoms. The third-order valence-electron chi connectivity index (χ3n) is 9.56. The summed E-state index contributed by atoms with van der Waals surface area (Å²) in [5.74, 6) is -0.932. The van der Waals surface area contributed by atoms with Crippen LogP contribution in [0, 0.1) is 24.6 Å². The molecule has 0 spiro atoms. The number of fused-ring (bicyclic) bond motifs is 1. The van der Waals surface area contributed by atoms with Crippen molar-refractivity contribution in [2.45, 2.75) is 83.6 Å². The minimum absolute atomic E-state index is 0.0579. The van der Waals surface area contributed by atoms with E-state index < -0.39 is 5.92 Å². The summed E-state index contributed by atoms with van der Waals surface area (Å²) in [6.07, 6.45) is 11.6. The first-order chi connectivity index (χ1) is 19.7. The molecule has 0 bridgehead atoms. The minimum Gasteiger partial charge on any atom is -0.372 e. The van der Waals surface area contributed by atoms with Crippen LogP contribution in [0.5, 0.6) is 0 Å². The van der Waals surface area contributed by atoms with E-state index in [0.29, 0.717) is 46.3 Å². The molecule has 2 aromatic rings. The van der Waals surface area contributed by atoms with E-state index in [4.69, 9.17) is 4.74 Å². The van der Waals surface area contributed by atoms with Gasteiger partial charge >= 0.3 is 0 Å². The number of thioether (sulfide) groups is 1. The number of allylic oxidation sites excluding steroid dienone is 1. The smallest absolute Gasteiger partial charge is 0.255 e. The molecular formula is C32H41FN4O3S. The van der Waals surface area contributed by atoms with Gasteiger partial charge in [0.05, 0.1) is 29.2 Å². The molecular weight excluding hydrogens is 539 g/mol. The monoisotopic (exact) mass is 580 g/mol. The van der Waals surface area contributed by atoms with Crippen LogP contribution in [-0.2, 0) is 9.53 Å². The van der Waals surface area contributed by atoms with Crippen LogP contribution in [0.1, 0.15) is 74.5 Å². The van der Waals surface area contributed by atoms with Crippen LogP contribution < -0.4 is 5.32 Å². The molecule has 220 valence electrons. The zero-order chi connectivity index (χ0) is 28.8. The van der Waals surface area contributed by atoms with E-state index in [1.165, 1.54) is 30.7 Å². The Kier molecular flexibility index (Phi) is 8.13. The maximum Gasteiger partial charge on any atom is 0.255 e. The number of halogens is 1. The van der Waals surface area contributed by atoms with Crippen molar-refractivity contribution >= 4 is 40.2 Å². The van der Waals surface area contributed by atoms with Gasteiger partial charge in [-0.15, -0.1) is 11.8 Å². The van der Waals surface area contributed by atoms with Crippen molar-refractivity contribution in [2.24, 2.45) is 16.8 Å². The molecule has 4 aliphatic rings. The summed E-state index contributed by atoms with van der Waals surface area (Å²) in [5.41, 5.74) is 2.42. The van der Waals surface area contributed by atoms with Gasteiger partial charge < -0.3 is 14.6 Å². The Morgan fingerprint density at radius 3 is 2.56 bits per heavy atom. The van der Waals surface area contributed by atoms with E-state index in [1.54, 1.807) is 13.0 Å². The summed E-state index contributed by atoms with van der Waals surface area (Å²) in [5, 5.41) is 3.60. The molecule has 2 amide bonds. The highest BCUT2D eigenvalue weighted by molar-refractivity contribution is 8.02. The first kappa shape index (κ1) is 28.6. The second kappa shape index (κ2) is 11.7. The number of aromatic nitrogens is 1. The number of hydrogen-bond acceptors (Lipinski definition) is 5. The molecule has 2 atom stereocenters. The Morgan fingerprint density at radius 2 is 1.88 bits per heavy atom. The zero-order valence-corrected chi connectivity index (χ0v) is 25.3. The topological polar surface area (TPSA) is 75.9 Å². The molecule has 41 heavy (non-hydrogen) atoms. The van der Waals surface area contributed by atoms with Crippen molar-refractivity contribution in [3.05, 3.63) is 46.3 Å². The first-order valence-electron chi connectivity index (χ1n) is 15.1.